The average molecular weight is 588 g/mol. The summed E-state index contributed by atoms with van der Waals surface area (Å²) in [4.78, 5) is 36.2. The Bertz CT molecular complexity index is 1110. The third-order valence-electron chi connectivity index (χ3n) is 4.08. The molecule has 0 bridgehead atoms. The monoisotopic (exact) mass is 585 g/mol. The Morgan fingerprint density at radius 3 is 2.35 bits per heavy atom. The third kappa shape index (κ3) is 5.91. The SMILES string of the molecule is Cc1ccc(NC(=O)COc2c(Br)cc(C=C3C(=O)NC(=S)NC3=O)cc2Br)cc1Cl. The van der Waals surface area contributed by atoms with Crippen molar-refractivity contribution in [2.75, 3.05) is 11.9 Å². The molecule has 31 heavy (non-hydrogen) atoms. The lowest BCUT2D eigenvalue weighted by molar-refractivity contribution is -0.123. The number of halogens is 3. The first-order valence-electron chi connectivity index (χ1n) is 8.70. The van der Waals surface area contributed by atoms with Gasteiger partial charge in [0.2, 0.25) is 0 Å². The van der Waals surface area contributed by atoms with Gasteiger partial charge in [0.05, 0.1) is 8.95 Å². The first kappa shape index (κ1) is 23.4. The number of rotatable bonds is 5. The van der Waals surface area contributed by atoms with Crippen LogP contribution in [0.2, 0.25) is 5.02 Å². The number of amides is 3. The van der Waals surface area contributed by atoms with Gasteiger partial charge in [-0.05, 0) is 92.5 Å². The van der Waals surface area contributed by atoms with Gasteiger partial charge in [-0.15, -0.1) is 0 Å². The number of nitrogens with one attached hydrogen (secondary N) is 3. The molecule has 1 aliphatic rings. The molecule has 3 amide bonds. The summed E-state index contributed by atoms with van der Waals surface area (Å²) >= 11 is 17.6. The summed E-state index contributed by atoms with van der Waals surface area (Å²) in [6, 6.07) is 8.51. The number of ether oxygens (including phenoxy) is 1. The average Bonchev–Trinajstić information content (AvgIpc) is 2.67. The van der Waals surface area contributed by atoms with E-state index in [0.29, 0.717) is 31.0 Å². The molecule has 1 aliphatic heterocycles. The second kappa shape index (κ2) is 9.90. The summed E-state index contributed by atoms with van der Waals surface area (Å²) < 4.78 is 6.66. The molecule has 0 aliphatic carbocycles. The van der Waals surface area contributed by atoms with Gasteiger partial charge in [-0.25, -0.2) is 0 Å². The van der Waals surface area contributed by atoms with Gasteiger partial charge in [-0.3, -0.25) is 25.0 Å². The molecular weight excluding hydrogens is 574 g/mol. The van der Waals surface area contributed by atoms with Crippen LogP contribution in [-0.2, 0) is 14.4 Å². The summed E-state index contributed by atoms with van der Waals surface area (Å²) in [6.45, 7) is 1.62. The van der Waals surface area contributed by atoms with Crippen molar-refractivity contribution in [3.63, 3.8) is 0 Å². The van der Waals surface area contributed by atoms with Crippen LogP contribution in [0.5, 0.6) is 5.75 Å². The number of hydrogen-bond donors (Lipinski definition) is 3. The van der Waals surface area contributed by atoms with Crippen LogP contribution < -0.4 is 20.7 Å². The smallest absolute Gasteiger partial charge is 0.263 e. The maximum absolute atomic E-state index is 12.2. The van der Waals surface area contributed by atoms with E-state index in [9.17, 15) is 14.4 Å². The first-order valence-corrected chi connectivity index (χ1v) is 11.1. The number of carbonyl (C=O) groups excluding carboxylic acids is 3. The standard InChI is InChI=1S/C20H14Br2ClN3O4S/c1-9-2-3-11(7-15(9)23)24-16(27)8-30-17-13(21)5-10(6-14(17)22)4-12-18(28)25-20(31)26-19(12)29/h2-7H,8H2,1H3,(H,24,27)(H2,25,26,28,29,31). The Labute approximate surface area is 204 Å². The Balaban J connectivity index is 1.70. The van der Waals surface area contributed by atoms with Crippen LogP contribution >= 0.6 is 55.7 Å². The Morgan fingerprint density at radius 1 is 1.16 bits per heavy atom. The van der Waals surface area contributed by atoms with Crippen molar-refractivity contribution in [2.45, 2.75) is 6.92 Å². The molecule has 2 aromatic rings. The number of aryl methyl sites for hydroxylation is 1. The van der Waals surface area contributed by atoms with Gasteiger partial charge in [0.1, 0.15) is 11.3 Å². The molecule has 11 heteroatoms. The molecule has 7 nitrogen and oxygen atoms in total. The minimum Gasteiger partial charge on any atom is -0.481 e. The predicted octanol–water partition coefficient (Wildman–Crippen LogP) is 4.11. The molecule has 1 fully saturated rings. The van der Waals surface area contributed by atoms with Crippen LogP contribution in [0.15, 0.2) is 44.9 Å². The summed E-state index contributed by atoms with van der Waals surface area (Å²) in [5.74, 6) is -1.15. The second-order valence-electron chi connectivity index (χ2n) is 6.41. The zero-order chi connectivity index (χ0) is 22.7. The van der Waals surface area contributed by atoms with E-state index in [0.717, 1.165) is 5.56 Å². The van der Waals surface area contributed by atoms with Gasteiger partial charge in [0, 0.05) is 10.7 Å². The molecule has 0 unspecified atom stereocenters. The van der Waals surface area contributed by atoms with Crippen LogP contribution in [0, 0.1) is 6.92 Å². The van der Waals surface area contributed by atoms with Gasteiger partial charge < -0.3 is 10.1 Å². The molecule has 3 rings (SSSR count). The molecule has 0 saturated carbocycles. The van der Waals surface area contributed by atoms with Gasteiger partial charge in [0.15, 0.2) is 11.7 Å². The maximum Gasteiger partial charge on any atom is 0.263 e. The fourth-order valence-corrected chi connectivity index (χ4v) is 4.40. The normalized spacial score (nSPS) is 13.4. The van der Waals surface area contributed by atoms with Crippen LogP contribution in [0.4, 0.5) is 5.69 Å². The van der Waals surface area contributed by atoms with Crippen molar-refractivity contribution in [3.8, 4) is 5.75 Å². The highest BCUT2D eigenvalue weighted by atomic mass is 79.9. The summed E-state index contributed by atoms with van der Waals surface area (Å²) in [5.41, 5.74) is 1.94. The van der Waals surface area contributed by atoms with Gasteiger partial charge >= 0.3 is 0 Å². The van der Waals surface area contributed by atoms with E-state index in [4.69, 9.17) is 28.6 Å². The molecule has 1 saturated heterocycles. The highest BCUT2D eigenvalue weighted by Gasteiger charge is 2.25. The number of thiocarbonyl (C=S) groups is 1. The van der Waals surface area contributed by atoms with Gasteiger partial charge in [0.25, 0.3) is 17.7 Å². The largest absolute Gasteiger partial charge is 0.481 e. The summed E-state index contributed by atoms with van der Waals surface area (Å²) in [5, 5.41) is 7.97. The number of benzene rings is 2. The zero-order valence-electron chi connectivity index (χ0n) is 15.8. The lowest BCUT2D eigenvalue weighted by Gasteiger charge is -2.16. The van der Waals surface area contributed by atoms with Crippen molar-refractivity contribution < 1.29 is 19.1 Å². The topological polar surface area (TPSA) is 96.5 Å². The minimum absolute atomic E-state index is 0.0376. The van der Waals surface area contributed by atoms with Crippen LogP contribution in [0.1, 0.15) is 11.1 Å². The molecule has 0 aromatic heterocycles. The van der Waals surface area contributed by atoms with Crippen molar-refractivity contribution in [1.29, 1.82) is 0 Å². The van der Waals surface area contributed by atoms with E-state index in [-0.39, 0.29) is 23.2 Å². The van der Waals surface area contributed by atoms with Crippen molar-refractivity contribution in [3.05, 3.63) is 61.0 Å². The molecule has 3 N–H and O–H groups in total. The van der Waals surface area contributed by atoms with E-state index >= 15 is 0 Å². The minimum atomic E-state index is -0.589. The van der Waals surface area contributed by atoms with E-state index in [1.165, 1.54) is 6.08 Å². The van der Waals surface area contributed by atoms with E-state index in [1.807, 2.05) is 6.92 Å². The lowest BCUT2D eigenvalue weighted by atomic mass is 10.1. The van der Waals surface area contributed by atoms with Crippen LogP contribution in [0.25, 0.3) is 6.08 Å². The van der Waals surface area contributed by atoms with E-state index in [2.05, 4.69) is 47.8 Å². The molecular formula is C20H14Br2ClN3O4S. The number of hydrogen-bond acceptors (Lipinski definition) is 5. The summed E-state index contributed by atoms with van der Waals surface area (Å²) in [6.07, 6.45) is 1.42. The highest BCUT2D eigenvalue weighted by Crippen LogP contribution is 2.35. The van der Waals surface area contributed by atoms with Gasteiger partial charge in [-0.1, -0.05) is 17.7 Å². The Kier molecular flexibility index (Phi) is 7.47. The molecule has 1 heterocycles. The molecule has 0 radical (unpaired) electrons. The van der Waals surface area contributed by atoms with Crippen molar-refractivity contribution in [2.24, 2.45) is 0 Å². The van der Waals surface area contributed by atoms with Crippen molar-refractivity contribution >= 4 is 90.3 Å². The maximum atomic E-state index is 12.2. The number of anilines is 1. The second-order valence-corrected chi connectivity index (χ2v) is 8.93. The van der Waals surface area contributed by atoms with E-state index in [1.54, 1.807) is 30.3 Å². The van der Waals surface area contributed by atoms with Crippen molar-refractivity contribution in [1.82, 2.24) is 10.6 Å². The zero-order valence-corrected chi connectivity index (χ0v) is 20.6. The highest BCUT2D eigenvalue weighted by molar-refractivity contribution is 9.11. The predicted molar refractivity (Wildman–Crippen MR) is 129 cm³/mol. The van der Waals surface area contributed by atoms with E-state index < -0.39 is 11.8 Å². The molecule has 160 valence electrons. The Morgan fingerprint density at radius 2 is 1.77 bits per heavy atom. The lowest BCUT2D eigenvalue weighted by Crippen LogP contribution is -2.51. The number of carbonyl (C=O) groups is 3. The molecule has 2 aromatic carbocycles. The first-order chi connectivity index (χ1) is 14.6. The van der Waals surface area contributed by atoms with Gasteiger partial charge in [-0.2, -0.15) is 0 Å². The summed E-state index contributed by atoms with van der Waals surface area (Å²) in [7, 11) is 0. The Hall–Kier alpha value is -2.27. The fourth-order valence-electron chi connectivity index (χ4n) is 2.58. The molecule has 0 spiro atoms. The fraction of sp³-hybridized carbons (Fsp3) is 0.100. The quantitative estimate of drug-likeness (QED) is 0.278. The van der Waals surface area contributed by atoms with Crippen LogP contribution in [-0.4, -0.2) is 29.4 Å². The third-order valence-corrected chi connectivity index (χ3v) is 5.87. The van der Waals surface area contributed by atoms with Crippen LogP contribution in [0.3, 0.4) is 0 Å². The molecule has 0 atom stereocenters.